The molecule has 2 aliphatic carbocycles. The predicted molar refractivity (Wildman–Crippen MR) is 135 cm³/mol. The van der Waals surface area contributed by atoms with Crippen LogP contribution in [0, 0.1) is 44.9 Å². The Morgan fingerprint density at radius 1 is 0.724 bits per heavy atom. The summed E-state index contributed by atoms with van der Waals surface area (Å²) in [5, 5.41) is 0. The van der Waals surface area contributed by atoms with Gasteiger partial charge in [0.2, 0.25) is 0 Å². The number of aryl methyl sites for hydroxylation is 3. The van der Waals surface area contributed by atoms with E-state index in [0.29, 0.717) is 5.41 Å². The third kappa shape index (κ3) is 10.5. The Bertz CT molecular complexity index is 611. The summed E-state index contributed by atoms with van der Waals surface area (Å²) in [6.07, 6.45) is 9.87. The van der Waals surface area contributed by atoms with Gasteiger partial charge in [-0.15, -0.1) is 0 Å². The van der Waals surface area contributed by atoms with Crippen molar-refractivity contribution in [3.63, 3.8) is 0 Å². The molecule has 0 nitrogen and oxygen atoms in total. The van der Waals surface area contributed by atoms with Crippen LogP contribution in [0.15, 0.2) is 23.3 Å². The van der Waals surface area contributed by atoms with E-state index in [2.05, 4.69) is 81.4 Å². The number of rotatable bonds is 0. The smallest absolute Gasteiger partial charge is 0.0295 e. The molecule has 0 amide bonds. The van der Waals surface area contributed by atoms with Gasteiger partial charge < -0.3 is 0 Å². The van der Waals surface area contributed by atoms with E-state index in [-0.39, 0.29) is 7.43 Å². The fourth-order valence-electron chi connectivity index (χ4n) is 4.27. The summed E-state index contributed by atoms with van der Waals surface area (Å²) in [6.45, 7) is 22.7. The van der Waals surface area contributed by atoms with Crippen LogP contribution in [0.3, 0.4) is 0 Å². The second-order valence-corrected chi connectivity index (χ2v) is 10.8. The van der Waals surface area contributed by atoms with Gasteiger partial charge in [-0.1, -0.05) is 76.8 Å². The zero-order chi connectivity index (χ0) is 21.5. The minimum atomic E-state index is 0. The van der Waals surface area contributed by atoms with Gasteiger partial charge in [-0.2, -0.15) is 0 Å². The summed E-state index contributed by atoms with van der Waals surface area (Å²) in [6, 6.07) is 4.45. The quantitative estimate of drug-likeness (QED) is 0.380. The summed E-state index contributed by atoms with van der Waals surface area (Å²) in [5.41, 5.74) is 9.51. The van der Waals surface area contributed by atoms with Gasteiger partial charge >= 0.3 is 0 Å². The first kappa shape index (κ1) is 28.0. The number of allylic oxidation sites excluding steroid dienone is 2. The SMILES string of the molecule is C.CC1=C(C)CC(C)CC1.CC1CCC(C)(C)CC1.Cc1cc(C)c(C)c(C)c1. The standard InChI is InChI=1S/C10H14.C9H18.C9H16.CH4/c1-7-5-8(2)10(4)9(3)6-7;1-8-4-6-9(2,3)7-5-8;1-7-4-5-8(2)9(3)6-7;/h5-6H,1-4H3;8H,4-7H2,1-3H3;7H,4-6H2,1-3H3;1H4. The molecule has 0 aromatic heterocycles. The Morgan fingerprint density at radius 2 is 1.21 bits per heavy atom. The largest absolute Gasteiger partial charge is 0.0776 e. The Kier molecular flexibility index (Phi) is 12.2. The normalized spacial score (nSPS) is 21.2. The number of hydrogen-bond donors (Lipinski definition) is 0. The summed E-state index contributed by atoms with van der Waals surface area (Å²) >= 11 is 0. The average Bonchev–Trinajstić information content (AvgIpc) is 2.60. The van der Waals surface area contributed by atoms with Crippen LogP contribution >= 0.6 is 0 Å². The molecule has 0 aliphatic heterocycles. The first-order valence-electron chi connectivity index (χ1n) is 11.6. The molecule has 1 aromatic carbocycles. The minimum absolute atomic E-state index is 0. The fraction of sp³-hybridized carbons (Fsp3) is 0.724. The zero-order valence-corrected chi connectivity index (χ0v) is 20.8. The second kappa shape index (κ2) is 12.6. The zero-order valence-electron chi connectivity index (χ0n) is 20.8. The minimum Gasteiger partial charge on any atom is -0.0776 e. The Morgan fingerprint density at radius 3 is 1.59 bits per heavy atom. The van der Waals surface area contributed by atoms with Crippen LogP contribution in [0.1, 0.15) is 116 Å². The van der Waals surface area contributed by atoms with Crippen LogP contribution in [0.2, 0.25) is 0 Å². The highest BCUT2D eigenvalue weighted by molar-refractivity contribution is 5.36. The van der Waals surface area contributed by atoms with Gasteiger partial charge in [-0.25, -0.2) is 0 Å². The number of hydrogen-bond acceptors (Lipinski definition) is 0. The lowest BCUT2D eigenvalue weighted by Crippen LogP contribution is -2.19. The van der Waals surface area contributed by atoms with E-state index in [9.17, 15) is 0 Å². The van der Waals surface area contributed by atoms with Gasteiger partial charge in [0.05, 0.1) is 0 Å². The van der Waals surface area contributed by atoms with Crippen LogP contribution in [-0.4, -0.2) is 0 Å². The summed E-state index contributed by atoms with van der Waals surface area (Å²) in [5.74, 6) is 1.94. The fourth-order valence-corrected chi connectivity index (χ4v) is 4.27. The van der Waals surface area contributed by atoms with E-state index in [0.717, 1.165) is 11.8 Å². The van der Waals surface area contributed by atoms with Crippen molar-refractivity contribution in [2.45, 2.75) is 122 Å². The van der Waals surface area contributed by atoms with Crippen molar-refractivity contribution in [1.29, 1.82) is 0 Å². The molecule has 1 aromatic rings. The van der Waals surface area contributed by atoms with Gasteiger partial charge in [0.1, 0.15) is 0 Å². The van der Waals surface area contributed by atoms with Crippen LogP contribution in [0.25, 0.3) is 0 Å². The monoisotopic (exact) mass is 400 g/mol. The van der Waals surface area contributed by atoms with Crippen molar-refractivity contribution in [3.05, 3.63) is 45.5 Å². The maximum Gasteiger partial charge on any atom is -0.0295 e. The van der Waals surface area contributed by atoms with E-state index in [1.54, 1.807) is 11.1 Å². The predicted octanol–water partition coefficient (Wildman–Crippen LogP) is 9.92. The highest BCUT2D eigenvalue weighted by atomic mass is 14.3. The molecule has 0 spiro atoms. The molecular weight excluding hydrogens is 348 g/mol. The maximum atomic E-state index is 2.39. The van der Waals surface area contributed by atoms with Crippen LogP contribution in [0.5, 0.6) is 0 Å². The van der Waals surface area contributed by atoms with E-state index in [4.69, 9.17) is 0 Å². The molecule has 0 radical (unpaired) electrons. The lowest BCUT2D eigenvalue weighted by atomic mass is 9.74. The van der Waals surface area contributed by atoms with Crippen molar-refractivity contribution in [1.82, 2.24) is 0 Å². The molecular formula is C29H52. The third-order valence-corrected chi connectivity index (χ3v) is 7.09. The van der Waals surface area contributed by atoms with Crippen LogP contribution in [-0.2, 0) is 0 Å². The molecule has 0 N–H and O–H groups in total. The molecule has 1 atom stereocenters. The van der Waals surface area contributed by atoms with Gasteiger partial charge in [-0.05, 0) is 108 Å². The first-order valence-corrected chi connectivity index (χ1v) is 11.6. The molecule has 0 heteroatoms. The summed E-state index contributed by atoms with van der Waals surface area (Å²) in [7, 11) is 0. The average molecular weight is 401 g/mol. The van der Waals surface area contributed by atoms with Crippen LogP contribution in [0.4, 0.5) is 0 Å². The molecule has 1 saturated carbocycles. The van der Waals surface area contributed by atoms with E-state index in [1.165, 1.54) is 67.2 Å². The lowest BCUT2D eigenvalue weighted by Gasteiger charge is -2.32. The van der Waals surface area contributed by atoms with Gasteiger partial charge in [0, 0.05) is 0 Å². The third-order valence-electron chi connectivity index (χ3n) is 7.09. The number of benzene rings is 1. The Hall–Kier alpha value is -1.04. The lowest BCUT2D eigenvalue weighted by molar-refractivity contribution is 0.201. The topological polar surface area (TPSA) is 0 Å². The molecule has 0 saturated heterocycles. The first-order chi connectivity index (χ1) is 12.9. The van der Waals surface area contributed by atoms with Crippen molar-refractivity contribution >= 4 is 0 Å². The molecule has 168 valence electrons. The highest BCUT2D eigenvalue weighted by Crippen LogP contribution is 2.37. The highest BCUT2D eigenvalue weighted by Gasteiger charge is 2.24. The van der Waals surface area contributed by atoms with Crippen molar-refractivity contribution < 1.29 is 0 Å². The molecule has 1 unspecified atom stereocenters. The summed E-state index contributed by atoms with van der Waals surface area (Å²) in [4.78, 5) is 0. The Balaban J connectivity index is 0.000000399. The molecule has 29 heavy (non-hydrogen) atoms. The van der Waals surface area contributed by atoms with Crippen molar-refractivity contribution in [2.75, 3.05) is 0 Å². The molecule has 3 rings (SSSR count). The van der Waals surface area contributed by atoms with Gasteiger partial charge in [0.15, 0.2) is 0 Å². The second-order valence-electron chi connectivity index (χ2n) is 10.8. The molecule has 0 bridgehead atoms. The maximum absolute atomic E-state index is 2.39. The van der Waals surface area contributed by atoms with Crippen LogP contribution < -0.4 is 0 Å². The van der Waals surface area contributed by atoms with Crippen molar-refractivity contribution in [3.8, 4) is 0 Å². The van der Waals surface area contributed by atoms with Gasteiger partial charge in [0.25, 0.3) is 0 Å². The molecule has 2 aliphatic rings. The molecule has 0 heterocycles. The van der Waals surface area contributed by atoms with E-state index in [1.807, 2.05) is 0 Å². The molecule has 1 fully saturated rings. The summed E-state index contributed by atoms with van der Waals surface area (Å²) < 4.78 is 0. The van der Waals surface area contributed by atoms with Gasteiger partial charge in [-0.3, -0.25) is 0 Å². The Labute approximate surface area is 184 Å². The van der Waals surface area contributed by atoms with E-state index >= 15 is 0 Å². The van der Waals surface area contributed by atoms with E-state index < -0.39 is 0 Å². The van der Waals surface area contributed by atoms with Crippen molar-refractivity contribution in [2.24, 2.45) is 17.3 Å².